The summed E-state index contributed by atoms with van der Waals surface area (Å²) in [5.74, 6) is -3.58. The van der Waals surface area contributed by atoms with Gasteiger partial charge in [0.2, 0.25) is 5.91 Å². The van der Waals surface area contributed by atoms with Gasteiger partial charge in [0.25, 0.3) is 0 Å². The van der Waals surface area contributed by atoms with E-state index in [1.807, 2.05) is 20.0 Å². The first-order chi connectivity index (χ1) is 19.9. The van der Waals surface area contributed by atoms with Gasteiger partial charge in [-0.3, -0.25) is 4.79 Å². The number of halogens is 2. The Morgan fingerprint density at radius 2 is 1.71 bits per heavy atom. The third kappa shape index (κ3) is 7.90. The van der Waals surface area contributed by atoms with Crippen LogP contribution < -0.4 is 16.2 Å². The van der Waals surface area contributed by atoms with Crippen molar-refractivity contribution in [1.29, 1.82) is 0 Å². The van der Waals surface area contributed by atoms with Gasteiger partial charge in [-0.25, -0.2) is 29.4 Å². The fourth-order valence-electron chi connectivity index (χ4n) is 6.24. The van der Waals surface area contributed by atoms with Crippen molar-refractivity contribution < 1.29 is 23.1 Å². The number of carbonyl (C=O) groups excluding carboxylic acids is 2. The summed E-state index contributed by atoms with van der Waals surface area (Å²) in [6, 6.07) is 0.977. The Bertz CT molecular complexity index is 1130. The molecule has 2 fully saturated rings. The Hall–Kier alpha value is -2.89. The maximum absolute atomic E-state index is 14.3. The van der Waals surface area contributed by atoms with Gasteiger partial charge >= 0.3 is 5.97 Å². The third-order valence-electron chi connectivity index (χ3n) is 8.65. The molecule has 2 aromatic rings. The number of hydrogen-bond acceptors (Lipinski definition) is 7. The van der Waals surface area contributed by atoms with Crippen molar-refractivity contribution >= 4 is 17.6 Å². The lowest BCUT2D eigenvalue weighted by molar-refractivity contribution is -0.122. The Kier molecular flexibility index (Phi) is 11.2. The first-order valence-electron chi connectivity index (χ1n) is 15.0. The fraction of sp³-hybridized carbons (Fsp3) is 0.633. The van der Waals surface area contributed by atoms with Crippen molar-refractivity contribution in [3.05, 3.63) is 48.1 Å². The summed E-state index contributed by atoms with van der Waals surface area (Å²) >= 11 is 0. The molecule has 2 unspecified atom stereocenters. The van der Waals surface area contributed by atoms with Gasteiger partial charge in [0.1, 0.15) is 18.8 Å². The van der Waals surface area contributed by atoms with Crippen LogP contribution in [0.5, 0.6) is 0 Å². The van der Waals surface area contributed by atoms with E-state index in [0.717, 1.165) is 63.7 Å². The van der Waals surface area contributed by atoms with Gasteiger partial charge in [0, 0.05) is 30.4 Å². The monoisotopic (exact) mass is 574 g/mol. The van der Waals surface area contributed by atoms with Crippen molar-refractivity contribution in [2.24, 2.45) is 5.41 Å². The number of hydrazine groups is 1. The van der Waals surface area contributed by atoms with Gasteiger partial charge in [0.05, 0.1) is 17.6 Å². The maximum atomic E-state index is 14.3. The molecule has 41 heavy (non-hydrogen) atoms. The van der Waals surface area contributed by atoms with E-state index in [4.69, 9.17) is 4.74 Å². The molecule has 1 aromatic carbocycles. The first kappa shape index (κ1) is 31.1. The number of nitrogens with one attached hydrogen (secondary N) is 3. The number of likely N-dealkylation sites (N-methyl/N-ethyl adjacent to an activating group) is 1. The molecule has 226 valence electrons. The number of imidazole rings is 1. The highest BCUT2D eigenvalue weighted by Gasteiger charge is 2.46. The van der Waals surface area contributed by atoms with Crippen molar-refractivity contribution in [1.82, 2.24) is 25.3 Å². The van der Waals surface area contributed by atoms with E-state index in [9.17, 15) is 18.4 Å². The van der Waals surface area contributed by atoms with Crippen molar-refractivity contribution in [3.8, 4) is 0 Å². The molecule has 1 amide bonds. The first-order valence-corrected chi connectivity index (χ1v) is 15.0. The lowest BCUT2D eigenvalue weighted by atomic mass is 9.69. The van der Waals surface area contributed by atoms with E-state index in [0.29, 0.717) is 13.0 Å². The molecule has 9 nitrogen and oxygen atoms in total. The molecule has 3 N–H and O–H groups in total. The smallest absolute Gasteiger partial charge is 0.340 e. The van der Waals surface area contributed by atoms with Crippen LogP contribution in [0.4, 0.5) is 14.5 Å². The summed E-state index contributed by atoms with van der Waals surface area (Å²) in [7, 11) is 0. The molecule has 1 saturated heterocycles. The molecule has 1 aliphatic heterocycles. The van der Waals surface area contributed by atoms with Crippen LogP contribution in [0.1, 0.15) is 94.6 Å². The van der Waals surface area contributed by atoms with E-state index in [2.05, 4.69) is 30.6 Å². The minimum absolute atomic E-state index is 0.0897. The third-order valence-corrected chi connectivity index (χ3v) is 8.65. The molecule has 2 aliphatic rings. The second kappa shape index (κ2) is 14.8. The summed E-state index contributed by atoms with van der Waals surface area (Å²) in [6.45, 7) is 6.22. The minimum atomic E-state index is -1.18. The number of nitrogens with zero attached hydrogens (tertiary/aromatic N) is 3. The maximum Gasteiger partial charge on any atom is 0.340 e. The minimum Gasteiger partial charge on any atom is -0.461 e. The summed E-state index contributed by atoms with van der Waals surface area (Å²) in [6.07, 6.45) is 15.9. The number of benzene rings is 1. The van der Waals surface area contributed by atoms with Crippen molar-refractivity contribution in [3.63, 3.8) is 0 Å². The Morgan fingerprint density at radius 1 is 1.05 bits per heavy atom. The highest BCUT2D eigenvalue weighted by molar-refractivity contribution is 6.02. The van der Waals surface area contributed by atoms with Gasteiger partial charge in [-0.15, -0.1) is 0 Å². The molecule has 11 heteroatoms. The molecule has 1 saturated carbocycles. The molecule has 2 atom stereocenters. The lowest BCUT2D eigenvalue weighted by Gasteiger charge is -2.48. The second-order valence-electron chi connectivity index (χ2n) is 11.3. The summed E-state index contributed by atoms with van der Waals surface area (Å²) < 4.78 is 35.9. The number of amides is 1. The zero-order valence-electron chi connectivity index (χ0n) is 24.3. The van der Waals surface area contributed by atoms with Gasteiger partial charge in [-0.2, -0.15) is 0 Å². The normalized spacial score (nSPS) is 21.5. The SMILES string of the molecule is CCN(CC)CCOC(=O)c1cc(F)c(F)cc1NC(=O)C1CC2(CCCCCCCCC2)C(n2ccnc2)NN1. The number of hydrogen-bond donors (Lipinski definition) is 3. The largest absolute Gasteiger partial charge is 0.461 e. The zero-order valence-corrected chi connectivity index (χ0v) is 24.3. The number of anilines is 1. The molecule has 0 radical (unpaired) electrons. The number of aromatic nitrogens is 2. The van der Waals surface area contributed by atoms with Crippen LogP contribution in [0.25, 0.3) is 0 Å². The van der Waals surface area contributed by atoms with Crippen LogP contribution >= 0.6 is 0 Å². The molecule has 1 aromatic heterocycles. The van der Waals surface area contributed by atoms with Crippen LogP contribution in [0, 0.1) is 17.0 Å². The summed E-state index contributed by atoms with van der Waals surface area (Å²) in [5.41, 5.74) is 5.97. The zero-order chi connectivity index (χ0) is 29.2. The molecule has 1 aliphatic carbocycles. The van der Waals surface area contributed by atoms with Crippen LogP contribution in [0.2, 0.25) is 0 Å². The van der Waals surface area contributed by atoms with E-state index in [1.54, 1.807) is 12.5 Å². The van der Waals surface area contributed by atoms with Gasteiger partial charge < -0.3 is 19.5 Å². The molecule has 4 rings (SSSR count). The van der Waals surface area contributed by atoms with Gasteiger partial charge in [-0.05, 0) is 38.4 Å². The van der Waals surface area contributed by atoms with Crippen LogP contribution in [-0.4, -0.2) is 58.6 Å². The standard InChI is InChI=1S/C30H44F2N6O3/c1-3-37(4-2)16-17-41-28(40)22-18-23(31)24(32)19-25(22)34-27(39)26-20-30(12-10-8-6-5-7-9-11-13-30)29(36-35-26)38-15-14-33-21-38/h14-15,18-19,21,26,29,35-36H,3-13,16-17,20H2,1-2H3,(H,34,39). The molecular formula is C30H44F2N6O3. The number of ether oxygens (including phenoxy) is 1. The van der Waals surface area contributed by atoms with E-state index in [-0.39, 0.29) is 29.4 Å². The van der Waals surface area contributed by atoms with E-state index >= 15 is 0 Å². The molecular weight excluding hydrogens is 530 g/mol. The van der Waals surface area contributed by atoms with Crippen LogP contribution in [0.15, 0.2) is 30.9 Å². The quantitative estimate of drug-likeness (QED) is 0.355. The van der Waals surface area contributed by atoms with E-state index in [1.165, 1.54) is 19.3 Å². The van der Waals surface area contributed by atoms with Crippen molar-refractivity contribution in [2.75, 3.05) is 31.6 Å². The summed E-state index contributed by atoms with van der Waals surface area (Å²) in [4.78, 5) is 32.8. The highest BCUT2D eigenvalue weighted by atomic mass is 19.2. The van der Waals surface area contributed by atoms with E-state index < -0.39 is 29.6 Å². The number of rotatable bonds is 9. The molecule has 0 bridgehead atoms. The van der Waals surface area contributed by atoms with Crippen molar-refractivity contribution in [2.45, 2.75) is 90.3 Å². The topological polar surface area (TPSA) is 101 Å². The average molecular weight is 575 g/mol. The lowest BCUT2D eigenvalue weighted by Crippen LogP contribution is -2.61. The Balaban J connectivity index is 1.52. The molecule has 1 spiro atoms. The summed E-state index contributed by atoms with van der Waals surface area (Å²) in [5, 5.41) is 2.69. The van der Waals surface area contributed by atoms with Gasteiger partial charge in [0.15, 0.2) is 11.6 Å². The fourth-order valence-corrected chi connectivity index (χ4v) is 6.24. The predicted octanol–water partition coefficient (Wildman–Crippen LogP) is 5.17. The van der Waals surface area contributed by atoms with Gasteiger partial charge in [-0.1, -0.05) is 58.8 Å². The average Bonchev–Trinajstić information content (AvgIpc) is 3.51. The number of carbonyl (C=O) groups is 2. The van der Waals surface area contributed by atoms with Crippen LogP contribution in [0.3, 0.4) is 0 Å². The Morgan fingerprint density at radius 3 is 2.34 bits per heavy atom. The number of esters is 1. The highest BCUT2D eigenvalue weighted by Crippen LogP contribution is 2.47. The second-order valence-corrected chi connectivity index (χ2v) is 11.3. The molecule has 2 heterocycles. The van der Waals surface area contributed by atoms with Crippen LogP contribution in [-0.2, 0) is 9.53 Å². The Labute approximate surface area is 241 Å². The predicted molar refractivity (Wildman–Crippen MR) is 153 cm³/mol.